The number of unbranched alkanes of at least 4 members (excludes halogenated alkanes) is 5. The van der Waals surface area contributed by atoms with Crippen LogP contribution in [0.5, 0.6) is 0 Å². The molecule has 37 heavy (non-hydrogen) atoms. The quantitative estimate of drug-likeness (QED) is 0.282. The van der Waals surface area contributed by atoms with Crippen molar-refractivity contribution in [2.75, 3.05) is 13.1 Å². The van der Waals surface area contributed by atoms with Gasteiger partial charge < -0.3 is 26.0 Å². The van der Waals surface area contributed by atoms with Crippen molar-refractivity contribution in [3.63, 3.8) is 0 Å². The number of rotatable bonds is 16. The number of nitrogens with two attached hydrogens (primary N) is 1. The number of carbonyl (C=O) groups excluding carboxylic acids is 4. The molecule has 0 aromatic heterocycles. The van der Waals surface area contributed by atoms with E-state index in [1.165, 1.54) is 4.90 Å². The van der Waals surface area contributed by atoms with Gasteiger partial charge in [0.1, 0.15) is 17.7 Å². The van der Waals surface area contributed by atoms with Crippen molar-refractivity contribution in [3.05, 3.63) is 35.9 Å². The Labute approximate surface area is 221 Å². The van der Waals surface area contributed by atoms with Crippen molar-refractivity contribution >= 4 is 23.8 Å². The van der Waals surface area contributed by atoms with Crippen molar-refractivity contribution in [3.8, 4) is 0 Å². The minimum atomic E-state index is -1.27. The normalized spacial score (nSPS) is 12.8. The molecule has 0 saturated heterocycles. The summed E-state index contributed by atoms with van der Waals surface area (Å²) in [7, 11) is 0. The molecule has 0 aliphatic carbocycles. The van der Waals surface area contributed by atoms with Gasteiger partial charge in [-0.3, -0.25) is 14.4 Å². The highest BCUT2D eigenvalue weighted by Crippen LogP contribution is 2.24. The lowest BCUT2D eigenvalue weighted by molar-refractivity contribution is -0.143. The van der Waals surface area contributed by atoms with Crippen molar-refractivity contribution < 1.29 is 23.9 Å². The lowest BCUT2D eigenvalue weighted by atomic mass is 10.0. The molecule has 1 rings (SSSR count). The van der Waals surface area contributed by atoms with Gasteiger partial charge in [0, 0.05) is 13.1 Å². The van der Waals surface area contributed by atoms with Gasteiger partial charge in [-0.15, -0.1) is 0 Å². The molecule has 1 aromatic carbocycles. The van der Waals surface area contributed by atoms with Crippen molar-refractivity contribution in [1.82, 2.24) is 15.5 Å². The van der Waals surface area contributed by atoms with Crippen LogP contribution in [0.3, 0.4) is 0 Å². The summed E-state index contributed by atoms with van der Waals surface area (Å²) in [5.74, 6) is -1.61. The van der Waals surface area contributed by atoms with E-state index in [0.29, 0.717) is 18.5 Å². The number of carbonyl (C=O) groups is 4. The van der Waals surface area contributed by atoms with Crippen LogP contribution in [-0.2, 0) is 19.1 Å². The Morgan fingerprint density at radius 3 is 2.14 bits per heavy atom. The highest BCUT2D eigenvalue weighted by molar-refractivity contribution is 5.94. The minimum Gasteiger partial charge on any atom is -0.444 e. The zero-order chi connectivity index (χ0) is 27.8. The van der Waals surface area contributed by atoms with E-state index < -0.39 is 42.0 Å². The summed E-state index contributed by atoms with van der Waals surface area (Å²) < 4.78 is 5.31. The second-order valence-corrected chi connectivity index (χ2v) is 10.3. The average molecular weight is 519 g/mol. The summed E-state index contributed by atoms with van der Waals surface area (Å²) in [5, 5.41) is 5.45. The molecule has 4 amide bonds. The molecule has 2 atom stereocenters. The van der Waals surface area contributed by atoms with Crippen LogP contribution in [0.25, 0.3) is 0 Å². The van der Waals surface area contributed by atoms with Gasteiger partial charge in [-0.25, -0.2) is 4.79 Å². The lowest BCUT2D eigenvalue weighted by Crippen LogP contribution is -2.54. The van der Waals surface area contributed by atoms with Gasteiger partial charge in [0.05, 0.1) is 6.42 Å². The SMILES string of the molecule is CCCCCCCN(C(=O)C(CC(N)=O)NC(=O)OC(C)(C)C)C(C(=O)NCCCC)c1ccccc1. The first-order valence-corrected chi connectivity index (χ1v) is 13.4. The third-order valence-electron chi connectivity index (χ3n) is 5.68. The summed E-state index contributed by atoms with van der Waals surface area (Å²) in [6, 6.07) is 6.87. The summed E-state index contributed by atoms with van der Waals surface area (Å²) in [6.07, 6.45) is 5.21. The highest BCUT2D eigenvalue weighted by Gasteiger charge is 2.36. The van der Waals surface area contributed by atoms with E-state index >= 15 is 0 Å². The number of hydrogen-bond acceptors (Lipinski definition) is 5. The molecular formula is C28H46N4O5. The van der Waals surface area contributed by atoms with E-state index in [2.05, 4.69) is 17.6 Å². The third kappa shape index (κ3) is 12.6. The van der Waals surface area contributed by atoms with Crippen LogP contribution in [0.2, 0.25) is 0 Å². The average Bonchev–Trinajstić information content (AvgIpc) is 2.81. The smallest absolute Gasteiger partial charge is 0.408 e. The van der Waals surface area contributed by atoms with Gasteiger partial charge >= 0.3 is 6.09 Å². The van der Waals surface area contributed by atoms with E-state index in [4.69, 9.17) is 10.5 Å². The van der Waals surface area contributed by atoms with Crippen LogP contribution in [0.4, 0.5) is 4.79 Å². The molecule has 4 N–H and O–H groups in total. The molecule has 0 bridgehead atoms. The van der Waals surface area contributed by atoms with Crippen molar-refractivity contribution in [1.29, 1.82) is 0 Å². The number of benzene rings is 1. The van der Waals surface area contributed by atoms with Gasteiger partial charge in [-0.1, -0.05) is 76.3 Å². The summed E-state index contributed by atoms with van der Waals surface area (Å²) >= 11 is 0. The Morgan fingerprint density at radius 2 is 1.57 bits per heavy atom. The number of ether oxygens (including phenoxy) is 1. The van der Waals surface area contributed by atoms with E-state index in [-0.39, 0.29) is 12.5 Å². The van der Waals surface area contributed by atoms with Crippen molar-refractivity contribution in [2.45, 2.75) is 104 Å². The number of alkyl carbamates (subject to hydrolysis) is 1. The maximum atomic E-state index is 13.9. The fourth-order valence-electron chi connectivity index (χ4n) is 3.90. The Morgan fingerprint density at radius 1 is 0.946 bits per heavy atom. The predicted molar refractivity (Wildman–Crippen MR) is 145 cm³/mol. The van der Waals surface area contributed by atoms with E-state index in [1.54, 1.807) is 32.9 Å². The van der Waals surface area contributed by atoms with Crippen LogP contribution in [0.1, 0.15) is 97.6 Å². The maximum absolute atomic E-state index is 13.9. The number of amides is 4. The van der Waals surface area contributed by atoms with E-state index in [0.717, 1.165) is 38.5 Å². The molecule has 9 nitrogen and oxygen atoms in total. The van der Waals surface area contributed by atoms with Gasteiger partial charge in [0.25, 0.3) is 0 Å². The monoisotopic (exact) mass is 518 g/mol. The second-order valence-electron chi connectivity index (χ2n) is 10.3. The molecule has 0 radical (unpaired) electrons. The highest BCUT2D eigenvalue weighted by atomic mass is 16.6. The summed E-state index contributed by atoms with van der Waals surface area (Å²) in [6.45, 7) is 10.0. The largest absolute Gasteiger partial charge is 0.444 e. The third-order valence-corrected chi connectivity index (χ3v) is 5.68. The topological polar surface area (TPSA) is 131 Å². The van der Waals surface area contributed by atoms with E-state index in [9.17, 15) is 19.2 Å². The fourth-order valence-corrected chi connectivity index (χ4v) is 3.90. The summed E-state index contributed by atoms with van der Waals surface area (Å²) in [5.41, 5.74) is 5.29. The number of hydrogen-bond donors (Lipinski definition) is 3. The lowest BCUT2D eigenvalue weighted by Gasteiger charge is -2.34. The molecule has 9 heteroatoms. The standard InChI is InChI=1S/C28H46N4O5/c1-6-8-10-11-15-19-32(24(21-16-13-12-14-17-21)25(34)30-18-9-7-2)26(35)22(20-23(29)33)31-27(36)37-28(3,4)5/h12-14,16-17,22,24H,6-11,15,18-20H2,1-5H3,(H2,29,33)(H,30,34)(H,31,36). The Balaban J connectivity index is 3.36. The van der Waals surface area contributed by atoms with Crippen LogP contribution in [0.15, 0.2) is 30.3 Å². The van der Waals surface area contributed by atoms with Gasteiger partial charge in [0.15, 0.2) is 0 Å². The number of nitrogens with one attached hydrogen (secondary N) is 2. The molecule has 0 spiro atoms. The fraction of sp³-hybridized carbons (Fsp3) is 0.643. The van der Waals surface area contributed by atoms with Gasteiger partial charge in [-0.05, 0) is 39.2 Å². The van der Waals surface area contributed by atoms with Crippen LogP contribution in [0, 0.1) is 0 Å². The molecule has 2 unspecified atom stereocenters. The molecule has 0 aliphatic heterocycles. The number of primary amides is 1. The minimum absolute atomic E-state index is 0.286. The molecule has 0 heterocycles. The molecule has 0 aliphatic rings. The Hall–Kier alpha value is -3.10. The van der Waals surface area contributed by atoms with Crippen LogP contribution in [-0.4, -0.2) is 53.4 Å². The molecule has 1 aromatic rings. The molecule has 0 fully saturated rings. The second kappa shape index (κ2) is 16.6. The van der Waals surface area contributed by atoms with Crippen LogP contribution >= 0.6 is 0 Å². The van der Waals surface area contributed by atoms with Crippen molar-refractivity contribution in [2.24, 2.45) is 5.73 Å². The van der Waals surface area contributed by atoms with Gasteiger partial charge in [-0.2, -0.15) is 0 Å². The van der Waals surface area contributed by atoms with Gasteiger partial charge in [0.2, 0.25) is 17.7 Å². The maximum Gasteiger partial charge on any atom is 0.408 e. The summed E-state index contributed by atoms with van der Waals surface area (Å²) in [4.78, 5) is 53.2. The number of nitrogens with zero attached hydrogens (tertiary/aromatic N) is 1. The Kier molecular flexibility index (Phi) is 14.3. The predicted octanol–water partition coefficient (Wildman–Crippen LogP) is 4.21. The zero-order valence-electron chi connectivity index (χ0n) is 23.2. The molecular weight excluding hydrogens is 472 g/mol. The molecule has 208 valence electrons. The zero-order valence-corrected chi connectivity index (χ0v) is 23.2. The van der Waals surface area contributed by atoms with E-state index in [1.807, 2.05) is 25.1 Å². The van der Waals surface area contributed by atoms with Crippen LogP contribution < -0.4 is 16.4 Å². The molecule has 0 saturated carbocycles. The first-order chi connectivity index (χ1) is 17.5. The Bertz CT molecular complexity index is 854. The first kappa shape index (κ1) is 31.9. The first-order valence-electron chi connectivity index (χ1n) is 13.4.